The number of hydrogen-bond donors (Lipinski definition) is 1. The van der Waals surface area contributed by atoms with Crippen molar-refractivity contribution in [3.8, 4) is 5.82 Å². The number of ether oxygens (including phenoxy) is 1. The molecule has 0 radical (unpaired) electrons. The number of hydrogen-bond acceptors (Lipinski definition) is 6. The molecule has 0 aliphatic rings. The van der Waals surface area contributed by atoms with Gasteiger partial charge in [-0.25, -0.2) is 19.4 Å². The first-order valence-corrected chi connectivity index (χ1v) is 6.88. The van der Waals surface area contributed by atoms with Crippen LogP contribution in [0.2, 0.25) is 0 Å². The fraction of sp³-hybridized carbons (Fsp3) is 0.429. The molecule has 0 aliphatic carbocycles. The SMILES string of the molecule is CCNc1nc(C)nc(-n2cc(C(=O)OCC)cn2)c1C. The second-order valence-corrected chi connectivity index (χ2v) is 4.49. The van der Waals surface area contributed by atoms with Gasteiger partial charge in [0.1, 0.15) is 11.6 Å². The maximum Gasteiger partial charge on any atom is 0.341 e. The molecular weight excluding hydrogens is 270 g/mol. The number of aromatic nitrogens is 4. The molecule has 0 atom stereocenters. The molecule has 0 saturated heterocycles. The highest BCUT2D eigenvalue weighted by Crippen LogP contribution is 2.19. The summed E-state index contributed by atoms with van der Waals surface area (Å²) in [6.45, 7) is 8.61. The number of rotatable bonds is 5. The van der Waals surface area contributed by atoms with Gasteiger partial charge < -0.3 is 10.1 Å². The Balaban J connectivity index is 2.40. The number of carbonyl (C=O) groups is 1. The summed E-state index contributed by atoms with van der Waals surface area (Å²) in [5, 5.41) is 7.38. The third-order valence-electron chi connectivity index (χ3n) is 2.89. The molecule has 0 amide bonds. The topological polar surface area (TPSA) is 81.9 Å². The Bertz CT molecular complexity index is 651. The molecule has 2 aromatic rings. The standard InChI is InChI=1S/C14H19N5O2/c1-5-15-12-9(3)13(18-10(4)17-12)19-8-11(7-16-19)14(20)21-6-2/h7-8H,5-6H2,1-4H3,(H,15,17,18). The molecule has 0 spiro atoms. The molecule has 21 heavy (non-hydrogen) atoms. The van der Waals surface area contributed by atoms with Crippen molar-refractivity contribution in [2.24, 2.45) is 0 Å². The van der Waals surface area contributed by atoms with Crippen LogP contribution >= 0.6 is 0 Å². The van der Waals surface area contributed by atoms with Gasteiger partial charge in [0.2, 0.25) is 0 Å². The Morgan fingerprint density at radius 1 is 1.33 bits per heavy atom. The average Bonchev–Trinajstić information content (AvgIpc) is 2.92. The molecule has 0 saturated carbocycles. The monoisotopic (exact) mass is 289 g/mol. The Morgan fingerprint density at radius 2 is 2.10 bits per heavy atom. The van der Waals surface area contributed by atoms with E-state index >= 15 is 0 Å². The van der Waals surface area contributed by atoms with E-state index in [9.17, 15) is 4.79 Å². The molecule has 2 heterocycles. The summed E-state index contributed by atoms with van der Waals surface area (Å²) in [4.78, 5) is 20.5. The Labute approximate surface area is 123 Å². The molecule has 0 bridgehead atoms. The van der Waals surface area contributed by atoms with Crippen LogP contribution in [0.1, 0.15) is 35.6 Å². The molecule has 0 fully saturated rings. The van der Waals surface area contributed by atoms with Crippen molar-refractivity contribution in [2.45, 2.75) is 27.7 Å². The van der Waals surface area contributed by atoms with E-state index in [-0.39, 0.29) is 5.97 Å². The summed E-state index contributed by atoms with van der Waals surface area (Å²) in [6.07, 6.45) is 3.09. The van der Waals surface area contributed by atoms with Crippen LogP contribution in [-0.2, 0) is 4.74 Å². The summed E-state index contributed by atoms with van der Waals surface area (Å²) in [6, 6.07) is 0. The highest BCUT2D eigenvalue weighted by molar-refractivity contribution is 5.88. The third-order valence-corrected chi connectivity index (χ3v) is 2.89. The molecule has 1 N–H and O–H groups in total. The zero-order valence-electron chi connectivity index (χ0n) is 12.7. The summed E-state index contributed by atoms with van der Waals surface area (Å²) >= 11 is 0. The van der Waals surface area contributed by atoms with Gasteiger partial charge >= 0.3 is 5.97 Å². The van der Waals surface area contributed by atoms with Crippen molar-refractivity contribution >= 4 is 11.8 Å². The predicted molar refractivity (Wildman–Crippen MR) is 78.7 cm³/mol. The number of nitrogens with zero attached hydrogens (tertiary/aromatic N) is 4. The highest BCUT2D eigenvalue weighted by Gasteiger charge is 2.14. The van der Waals surface area contributed by atoms with Crippen LogP contribution in [0.4, 0.5) is 5.82 Å². The molecule has 0 unspecified atom stereocenters. The molecule has 0 aliphatic heterocycles. The van der Waals surface area contributed by atoms with Gasteiger partial charge in [-0.2, -0.15) is 5.10 Å². The number of nitrogens with one attached hydrogen (secondary N) is 1. The van der Waals surface area contributed by atoms with Crippen LogP contribution in [0, 0.1) is 13.8 Å². The highest BCUT2D eigenvalue weighted by atomic mass is 16.5. The van der Waals surface area contributed by atoms with Gasteiger partial charge in [-0.05, 0) is 27.7 Å². The molecular formula is C14H19N5O2. The number of carbonyl (C=O) groups excluding carboxylic acids is 1. The second-order valence-electron chi connectivity index (χ2n) is 4.49. The largest absolute Gasteiger partial charge is 0.462 e. The van der Waals surface area contributed by atoms with Crippen LogP contribution in [-0.4, -0.2) is 38.9 Å². The Hall–Kier alpha value is -2.44. The van der Waals surface area contributed by atoms with Crippen molar-refractivity contribution < 1.29 is 9.53 Å². The van der Waals surface area contributed by atoms with Crippen molar-refractivity contribution in [1.82, 2.24) is 19.7 Å². The molecule has 2 aromatic heterocycles. The molecule has 112 valence electrons. The van der Waals surface area contributed by atoms with E-state index in [0.717, 1.165) is 17.9 Å². The van der Waals surface area contributed by atoms with Gasteiger partial charge in [0.05, 0.1) is 18.4 Å². The van der Waals surface area contributed by atoms with Crippen molar-refractivity contribution in [1.29, 1.82) is 0 Å². The second kappa shape index (κ2) is 6.34. The van der Waals surface area contributed by atoms with Gasteiger partial charge in [0.15, 0.2) is 5.82 Å². The van der Waals surface area contributed by atoms with Gasteiger partial charge in [-0.15, -0.1) is 0 Å². The lowest BCUT2D eigenvalue weighted by molar-refractivity contribution is 0.0526. The van der Waals surface area contributed by atoms with Gasteiger partial charge in [-0.3, -0.25) is 0 Å². The summed E-state index contributed by atoms with van der Waals surface area (Å²) < 4.78 is 6.52. The first-order chi connectivity index (χ1) is 10.1. The first-order valence-electron chi connectivity index (χ1n) is 6.88. The smallest absolute Gasteiger partial charge is 0.341 e. The Morgan fingerprint density at radius 3 is 2.76 bits per heavy atom. The quantitative estimate of drug-likeness (QED) is 0.846. The van der Waals surface area contributed by atoms with Gasteiger partial charge in [0, 0.05) is 18.3 Å². The van der Waals surface area contributed by atoms with Crippen LogP contribution in [0.3, 0.4) is 0 Å². The lowest BCUT2D eigenvalue weighted by Gasteiger charge is -2.11. The van der Waals surface area contributed by atoms with E-state index in [4.69, 9.17) is 4.74 Å². The minimum absolute atomic E-state index is 0.334. The maximum absolute atomic E-state index is 11.7. The van der Waals surface area contributed by atoms with E-state index in [2.05, 4.69) is 20.4 Å². The minimum Gasteiger partial charge on any atom is -0.462 e. The van der Waals surface area contributed by atoms with E-state index in [0.29, 0.717) is 23.8 Å². The number of esters is 1. The fourth-order valence-corrected chi connectivity index (χ4v) is 1.93. The van der Waals surface area contributed by atoms with Crippen LogP contribution in [0.15, 0.2) is 12.4 Å². The summed E-state index contributed by atoms with van der Waals surface area (Å²) in [7, 11) is 0. The zero-order valence-corrected chi connectivity index (χ0v) is 12.7. The fourth-order valence-electron chi connectivity index (χ4n) is 1.93. The predicted octanol–water partition coefficient (Wildman–Crippen LogP) is 1.89. The maximum atomic E-state index is 11.7. The van der Waals surface area contributed by atoms with Crippen molar-refractivity contribution in [3.05, 3.63) is 29.3 Å². The van der Waals surface area contributed by atoms with Gasteiger partial charge in [-0.1, -0.05) is 0 Å². The normalized spacial score (nSPS) is 10.5. The lowest BCUT2D eigenvalue weighted by atomic mass is 10.3. The minimum atomic E-state index is -0.390. The third kappa shape index (κ3) is 3.18. The van der Waals surface area contributed by atoms with Crippen molar-refractivity contribution in [2.75, 3.05) is 18.5 Å². The van der Waals surface area contributed by atoms with E-state index < -0.39 is 0 Å². The van der Waals surface area contributed by atoms with E-state index in [1.54, 1.807) is 17.8 Å². The molecule has 7 nitrogen and oxygen atoms in total. The molecule has 0 aromatic carbocycles. The zero-order chi connectivity index (χ0) is 15.4. The Kier molecular flexibility index (Phi) is 4.52. The van der Waals surface area contributed by atoms with Gasteiger partial charge in [0.25, 0.3) is 0 Å². The number of anilines is 1. The lowest BCUT2D eigenvalue weighted by Crippen LogP contribution is -2.10. The van der Waals surface area contributed by atoms with Crippen LogP contribution in [0.25, 0.3) is 5.82 Å². The average molecular weight is 289 g/mol. The van der Waals surface area contributed by atoms with Crippen LogP contribution < -0.4 is 5.32 Å². The van der Waals surface area contributed by atoms with E-state index in [1.807, 2.05) is 20.8 Å². The van der Waals surface area contributed by atoms with E-state index in [1.165, 1.54) is 6.20 Å². The molecule has 2 rings (SSSR count). The summed E-state index contributed by atoms with van der Waals surface area (Å²) in [5.74, 6) is 1.67. The first kappa shape index (κ1) is 15.0. The summed E-state index contributed by atoms with van der Waals surface area (Å²) in [5.41, 5.74) is 1.28. The van der Waals surface area contributed by atoms with Crippen molar-refractivity contribution in [3.63, 3.8) is 0 Å². The molecule has 7 heteroatoms. The van der Waals surface area contributed by atoms with Crippen LogP contribution in [0.5, 0.6) is 0 Å². The number of aryl methyl sites for hydroxylation is 1.